The van der Waals surface area contributed by atoms with Gasteiger partial charge in [0.15, 0.2) is 12.0 Å². The lowest BCUT2D eigenvalue weighted by molar-refractivity contribution is -0.325. The molecule has 0 aromatic heterocycles. The average molecular weight is 278 g/mol. The van der Waals surface area contributed by atoms with Gasteiger partial charge in [-0.05, 0) is 20.8 Å². The van der Waals surface area contributed by atoms with E-state index in [0.717, 1.165) is 0 Å². The number of nitrogens with one attached hydrogen (secondary N) is 1. The second-order valence-electron chi connectivity index (χ2n) is 5.52. The molecule has 10 heteroatoms. The van der Waals surface area contributed by atoms with Crippen LogP contribution in [-0.2, 0) is 9.47 Å². The van der Waals surface area contributed by atoms with Crippen LogP contribution in [0, 0.1) is 0 Å². The molecular formula is C9H26N8O2. The van der Waals surface area contributed by atoms with Crippen molar-refractivity contribution in [2.45, 2.75) is 55.9 Å². The fraction of sp³-hybridized carbons (Fsp3) is 1.00. The highest BCUT2D eigenvalue weighted by Crippen LogP contribution is 2.37. The third-order valence-corrected chi connectivity index (χ3v) is 3.64. The molecule has 1 aliphatic heterocycles. The van der Waals surface area contributed by atoms with Crippen LogP contribution in [-0.4, -0.2) is 35.1 Å². The predicted octanol–water partition coefficient (Wildman–Crippen LogP) is -4.21. The lowest BCUT2D eigenvalue weighted by Crippen LogP contribution is -3.00. The summed E-state index contributed by atoms with van der Waals surface area (Å²) < 4.78 is 11.0. The van der Waals surface area contributed by atoms with Crippen LogP contribution >= 0.6 is 0 Å². The highest BCUT2D eigenvalue weighted by Gasteiger charge is 2.69. The topological polar surface area (TPSA) is 213 Å². The summed E-state index contributed by atoms with van der Waals surface area (Å²) in [5.41, 5.74) is 33.1. The number of hydrogen-bond donors (Lipinski definition) is 8. The highest BCUT2D eigenvalue weighted by atomic mass is 16.7. The van der Waals surface area contributed by atoms with Crippen molar-refractivity contribution in [3.8, 4) is 0 Å². The lowest BCUT2D eigenvalue weighted by atomic mass is 9.72. The third kappa shape index (κ3) is 2.15. The van der Waals surface area contributed by atoms with Crippen LogP contribution in [0.1, 0.15) is 20.8 Å². The Kier molecular flexibility index (Phi) is 4.00. The van der Waals surface area contributed by atoms with Gasteiger partial charge in [-0.2, -0.15) is 0 Å². The molecule has 3 atom stereocenters. The van der Waals surface area contributed by atoms with Crippen molar-refractivity contribution in [2.75, 3.05) is 0 Å². The molecule has 1 saturated heterocycles. The van der Waals surface area contributed by atoms with Crippen LogP contribution in [0.4, 0.5) is 0 Å². The zero-order valence-corrected chi connectivity index (χ0v) is 11.5. The largest absolute Gasteiger partial charge is 0.346 e. The van der Waals surface area contributed by atoms with Gasteiger partial charge in [-0.1, -0.05) is 0 Å². The Labute approximate surface area is 112 Å². The van der Waals surface area contributed by atoms with E-state index in [9.17, 15) is 0 Å². The Morgan fingerprint density at radius 1 is 1.11 bits per heavy atom. The summed E-state index contributed by atoms with van der Waals surface area (Å²) in [5.74, 6) is 3.62. The second kappa shape index (κ2) is 4.56. The fourth-order valence-corrected chi connectivity index (χ4v) is 1.91. The second-order valence-corrected chi connectivity index (χ2v) is 5.52. The van der Waals surface area contributed by atoms with Crippen molar-refractivity contribution in [1.29, 1.82) is 0 Å². The molecule has 1 rings (SSSR count). The first-order valence-corrected chi connectivity index (χ1v) is 5.88. The molecule has 1 fully saturated rings. The van der Waals surface area contributed by atoms with E-state index in [4.69, 9.17) is 49.7 Å². The van der Waals surface area contributed by atoms with Crippen molar-refractivity contribution < 1.29 is 9.47 Å². The molecule has 114 valence electrons. The van der Waals surface area contributed by atoms with E-state index < -0.39 is 29.0 Å². The molecule has 0 bridgehead atoms. The zero-order chi connectivity index (χ0) is 15.3. The molecule has 1 aliphatic rings. The molecule has 0 aliphatic carbocycles. The minimum atomic E-state index is -1.82. The molecule has 0 radical (unpaired) electrons. The SMILES string of the molecule is CC(C)OC1OC(N)(NN)C(C)(N)C(N)(N)C1(N)N. The molecule has 0 aromatic carbocycles. The van der Waals surface area contributed by atoms with Crippen molar-refractivity contribution in [1.82, 2.24) is 5.43 Å². The fourth-order valence-electron chi connectivity index (χ4n) is 1.91. The van der Waals surface area contributed by atoms with Gasteiger partial charge in [0.2, 0.25) is 5.85 Å². The van der Waals surface area contributed by atoms with E-state index in [-0.39, 0.29) is 6.10 Å². The van der Waals surface area contributed by atoms with Crippen LogP contribution in [0.25, 0.3) is 0 Å². The van der Waals surface area contributed by atoms with Gasteiger partial charge in [0.1, 0.15) is 11.2 Å². The van der Waals surface area contributed by atoms with Crippen LogP contribution in [0.3, 0.4) is 0 Å². The van der Waals surface area contributed by atoms with Crippen molar-refractivity contribution >= 4 is 0 Å². The van der Waals surface area contributed by atoms with Gasteiger partial charge in [-0.15, -0.1) is 0 Å². The Balaban J connectivity index is 3.29. The van der Waals surface area contributed by atoms with Gasteiger partial charge >= 0.3 is 0 Å². The molecule has 10 nitrogen and oxygen atoms in total. The van der Waals surface area contributed by atoms with E-state index in [0.29, 0.717) is 0 Å². The minimum absolute atomic E-state index is 0.253. The maximum Gasteiger partial charge on any atom is 0.208 e. The Morgan fingerprint density at radius 2 is 1.58 bits per heavy atom. The van der Waals surface area contributed by atoms with Gasteiger partial charge in [0.05, 0.1) is 6.10 Å². The summed E-state index contributed by atoms with van der Waals surface area (Å²) in [6.07, 6.45) is -1.45. The van der Waals surface area contributed by atoms with E-state index in [1.54, 1.807) is 13.8 Å². The first-order valence-electron chi connectivity index (χ1n) is 5.88. The van der Waals surface area contributed by atoms with Crippen LogP contribution in [0.15, 0.2) is 0 Å². The van der Waals surface area contributed by atoms with Gasteiger partial charge in [0, 0.05) is 0 Å². The van der Waals surface area contributed by atoms with E-state index in [2.05, 4.69) is 5.43 Å². The van der Waals surface area contributed by atoms with Crippen molar-refractivity contribution in [3.05, 3.63) is 0 Å². The first kappa shape index (κ1) is 16.7. The van der Waals surface area contributed by atoms with Crippen LogP contribution < -0.4 is 45.7 Å². The number of hydrogen-bond acceptors (Lipinski definition) is 10. The van der Waals surface area contributed by atoms with E-state index >= 15 is 0 Å². The quantitative estimate of drug-likeness (QED) is 0.141. The number of rotatable bonds is 3. The first-order chi connectivity index (χ1) is 8.33. The van der Waals surface area contributed by atoms with Crippen molar-refractivity contribution in [3.63, 3.8) is 0 Å². The van der Waals surface area contributed by atoms with Gasteiger partial charge < -0.3 is 38.1 Å². The Hall–Kier alpha value is -0.400. The third-order valence-electron chi connectivity index (χ3n) is 3.64. The maximum atomic E-state index is 6.06. The monoisotopic (exact) mass is 278 g/mol. The molecule has 0 aromatic rings. The smallest absolute Gasteiger partial charge is 0.208 e. The summed E-state index contributed by atoms with van der Waals surface area (Å²) in [5, 5.41) is 0. The van der Waals surface area contributed by atoms with Gasteiger partial charge in [0.25, 0.3) is 0 Å². The van der Waals surface area contributed by atoms with Crippen LogP contribution in [0.5, 0.6) is 0 Å². The summed E-state index contributed by atoms with van der Waals surface area (Å²) in [4.78, 5) is 0. The molecule has 0 saturated carbocycles. The molecule has 3 unspecified atom stereocenters. The molecule has 15 N–H and O–H groups in total. The predicted molar refractivity (Wildman–Crippen MR) is 70.1 cm³/mol. The molecule has 0 spiro atoms. The summed E-state index contributed by atoms with van der Waals surface area (Å²) in [7, 11) is 0. The van der Waals surface area contributed by atoms with E-state index in [1.807, 2.05) is 0 Å². The number of hydrazine groups is 1. The van der Waals surface area contributed by atoms with Gasteiger partial charge in [-0.25, -0.2) is 5.43 Å². The van der Waals surface area contributed by atoms with Crippen LogP contribution in [0.2, 0.25) is 0 Å². The molecule has 19 heavy (non-hydrogen) atoms. The number of nitrogens with two attached hydrogens (primary N) is 7. The molecule has 1 heterocycles. The molecular weight excluding hydrogens is 252 g/mol. The Bertz CT molecular complexity index is 345. The zero-order valence-electron chi connectivity index (χ0n) is 11.5. The summed E-state index contributed by atoms with van der Waals surface area (Å²) in [6, 6.07) is 0. The standard InChI is InChI=1S/C9H26N8O2/c1-4(2)18-5-7(11,12)8(13,14)6(3,10)9(15,17-16)19-5/h4-5,17H,10-16H2,1-3H3. The molecule has 0 amide bonds. The highest BCUT2D eigenvalue weighted by molar-refractivity contribution is 5.22. The average Bonchev–Trinajstić information content (AvgIpc) is 2.25. The normalized spacial score (nSPS) is 41.5. The maximum absolute atomic E-state index is 6.06. The summed E-state index contributed by atoms with van der Waals surface area (Å²) >= 11 is 0. The Morgan fingerprint density at radius 3 is 1.95 bits per heavy atom. The minimum Gasteiger partial charge on any atom is -0.346 e. The van der Waals surface area contributed by atoms with Crippen molar-refractivity contribution in [2.24, 2.45) is 40.2 Å². The lowest BCUT2D eigenvalue weighted by Gasteiger charge is -2.62. The number of ether oxygens (including phenoxy) is 2. The van der Waals surface area contributed by atoms with E-state index in [1.165, 1.54) is 6.92 Å². The summed E-state index contributed by atoms with van der Waals surface area (Å²) in [6.45, 7) is 4.96. The van der Waals surface area contributed by atoms with Gasteiger partial charge in [-0.3, -0.25) is 11.6 Å².